The molecule has 1 amide bonds. The first-order valence-corrected chi connectivity index (χ1v) is 8.16. The number of hydrogen-bond donors (Lipinski definition) is 0. The number of likely N-dealkylation sites (tertiary alicyclic amines) is 1. The van der Waals surface area contributed by atoms with E-state index in [1.807, 2.05) is 0 Å². The highest BCUT2D eigenvalue weighted by Crippen LogP contribution is 2.23. The van der Waals surface area contributed by atoms with Crippen LogP contribution in [0.1, 0.15) is 18.1 Å². The Morgan fingerprint density at radius 1 is 0.885 bits per heavy atom. The van der Waals surface area contributed by atoms with Crippen LogP contribution < -0.4 is 0 Å². The summed E-state index contributed by atoms with van der Waals surface area (Å²) in [5.41, 5.74) is 1.12. The summed E-state index contributed by atoms with van der Waals surface area (Å²) in [4.78, 5) is 26.1. The van der Waals surface area contributed by atoms with E-state index in [1.54, 1.807) is 36.4 Å². The summed E-state index contributed by atoms with van der Waals surface area (Å²) in [5.74, 6) is -1.43. The fourth-order valence-electron chi connectivity index (χ4n) is 2.82. The van der Waals surface area contributed by atoms with Gasteiger partial charge in [0, 0.05) is 42.3 Å². The number of Topliss-reactive ketones (excluding diaryl/α,β-unsaturated/α-hetero) is 1. The van der Waals surface area contributed by atoms with Crippen LogP contribution in [0.25, 0.3) is 12.2 Å². The van der Waals surface area contributed by atoms with Gasteiger partial charge in [0.2, 0.25) is 5.91 Å². The van der Waals surface area contributed by atoms with Gasteiger partial charge in [0.1, 0.15) is 11.6 Å². The van der Waals surface area contributed by atoms with Crippen LogP contribution >= 0.6 is 0 Å². The van der Waals surface area contributed by atoms with Crippen LogP contribution in [0, 0.1) is 11.6 Å². The summed E-state index contributed by atoms with van der Waals surface area (Å²) in [6, 6.07) is 12.2. The van der Waals surface area contributed by atoms with Crippen LogP contribution in [0.4, 0.5) is 8.78 Å². The molecule has 132 valence electrons. The molecule has 0 N–H and O–H groups in total. The molecule has 26 heavy (non-hydrogen) atoms. The van der Waals surface area contributed by atoms with E-state index in [4.69, 9.17) is 0 Å². The molecule has 3 nitrogen and oxygen atoms in total. The summed E-state index contributed by atoms with van der Waals surface area (Å²) in [7, 11) is 0. The van der Waals surface area contributed by atoms with E-state index in [0.29, 0.717) is 11.1 Å². The van der Waals surface area contributed by atoms with Gasteiger partial charge in [0.25, 0.3) is 0 Å². The molecular weight excluding hydrogens is 336 g/mol. The van der Waals surface area contributed by atoms with Crippen molar-refractivity contribution >= 4 is 23.8 Å². The number of nitrogens with zero attached hydrogens (tertiary/aromatic N) is 1. The summed E-state index contributed by atoms with van der Waals surface area (Å²) < 4.78 is 27.8. The van der Waals surface area contributed by atoms with Gasteiger partial charge >= 0.3 is 0 Å². The van der Waals surface area contributed by atoms with Crippen molar-refractivity contribution in [1.82, 2.24) is 4.90 Å². The first kappa shape index (κ1) is 17.7. The number of ketones is 1. The molecule has 3 rings (SSSR count). The van der Waals surface area contributed by atoms with Crippen molar-refractivity contribution in [2.24, 2.45) is 0 Å². The summed E-state index contributed by atoms with van der Waals surface area (Å²) in [5, 5.41) is 0. The smallest absolute Gasteiger partial charge is 0.220 e. The van der Waals surface area contributed by atoms with Gasteiger partial charge in [-0.3, -0.25) is 9.59 Å². The lowest BCUT2D eigenvalue weighted by Crippen LogP contribution is -2.40. The molecule has 1 heterocycles. The fraction of sp³-hybridized carbons (Fsp3) is 0.143. The van der Waals surface area contributed by atoms with Gasteiger partial charge in [-0.25, -0.2) is 8.78 Å². The molecule has 1 aliphatic rings. The highest BCUT2D eigenvalue weighted by molar-refractivity contribution is 6.15. The quantitative estimate of drug-likeness (QED) is 0.769. The SMILES string of the molecule is CC(=O)N1CC(=Cc2ccccc2F)C(=O)C(=Cc2ccccc2F)C1. The van der Waals surface area contributed by atoms with Crippen LogP contribution in [-0.4, -0.2) is 29.7 Å². The van der Waals surface area contributed by atoms with Gasteiger partial charge in [0.05, 0.1) is 0 Å². The van der Waals surface area contributed by atoms with Gasteiger partial charge in [-0.2, -0.15) is 0 Å². The zero-order chi connectivity index (χ0) is 18.7. The van der Waals surface area contributed by atoms with E-state index in [-0.39, 0.29) is 35.9 Å². The third-order valence-corrected chi connectivity index (χ3v) is 4.22. The second kappa shape index (κ2) is 7.44. The average molecular weight is 353 g/mol. The number of carbonyl (C=O) groups is 2. The molecule has 1 fully saturated rings. The number of amides is 1. The maximum absolute atomic E-state index is 13.9. The Bertz CT molecular complexity index is 864. The van der Waals surface area contributed by atoms with E-state index in [2.05, 4.69) is 0 Å². The molecule has 0 aromatic heterocycles. The van der Waals surface area contributed by atoms with Gasteiger partial charge in [0.15, 0.2) is 5.78 Å². The second-order valence-electron chi connectivity index (χ2n) is 6.09. The topological polar surface area (TPSA) is 37.4 Å². The molecular formula is C21H17F2NO2. The summed E-state index contributed by atoms with van der Waals surface area (Å²) >= 11 is 0. The third-order valence-electron chi connectivity index (χ3n) is 4.22. The van der Waals surface area contributed by atoms with Crippen molar-refractivity contribution in [2.75, 3.05) is 13.1 Å². The molecule has 5 heteroatoms. The van der Waals surface area contributed by atoms with Crippen molar-refractivity contribution in [3.63, 3.8) is 0 Å². The van der Waals surface area contributed by atoms with Crippen molar-refractivity contribution in [3.8, 4) is 0 Å². The molecule has 0 unspecified atom stereocenters. The molecule has 1 saturated heterocycles. The van der Waals surface area contributed by atoms with Crippen molar-refractivity contribution in [2.45, 2.75) is 6.92 Å². The van der Waals surface area contributed by atoms with Crippen molar-refractivity contribution in [3.05, 3.63) is 82.4 Å². The zero-order valence-corrected chi connectivity index (χ0v) is 14.2. The Morgan fingerprint density at radius 2 is 1.31 bits per heavy atom. The maximum atomic E-state index is 13.9. The van der Waals surface area contributed by atoms with E-state index >= 15 is 0 Å². The van der Waals surface area contributed by atoms with E-state index < -0.39 is 11.6 Å². The molecule has 0 spiro atoms. The van der Waals surface area contributed by atoms with Gasteiger partial charge in [-0.15, -0.1) is 0 Å². The molecule has 1 aliphatic heterocycles. The largest absolute Gasteiger partial charge is 0.334 e. The molecule has 2 aromatic carbocycles. The lowest BCUT2D eigenvalue weighted by Gasteiger charge is -2.29. The van der Waals surface area contributed by atoms with Crippen LogP contribution in [0.2, 0.25) is 0 Å². The van der Waals surface area contributed by atoms with Crippen LogP contribution in [0.3, 0.4) is 0 Å². The molecule has 2 aromatic rings. The predicted octanol–water partition coefficient (Wildman–Crippen LogP) is 3.86. The van der Waals surface area contributed by atoms with Gasteiger partial charge < -0.3 is 4.90 Å². The fourth-order valence-corrected chi connectivity index (χ4v) is 2.82. The number of carbonyl (C=O) groups excluding carboxylic acids is 2. The Labute approximate surface area is 150 Å². The van der Waals surface area contributed by atoms with Gasteiger partial charge in [-0.05, 0) is 24.3 Å². The number of piperidine rings is 1. The van der Waals surface area contributed by atoms with Crippen molar-refractivity contribution in [1.29, 1.82) is 0 Å². The monoisotopic (exact) mass is 353 g/mol. The van der Waals surface area contributed by atoms with Gasteiger partial charge in [-0.1, -0.05) is 36.4 Å². The van der Waals surface area contributed by atoms with Crippen LogP contribution in [-0.2, 0) is 9.59 Å². The zero-order valence-electron chi connectivity index (χ0n) is 14.2. The molecule has 0 atom stereocenters. The van der Waals surface area contributed by atoms with Crippen LogP contribution in [0.15, 0.2) is 59.7 Å². The Balaban J connectivity index is 2.04. The molecule has 0 aliphatic carbocycles. The molecule has 0 radical (unpaired) electrons. The predicted molar refractivity (Wildman–Crippen MR) is 96.0 cm³/mol. The summed E-state index contributed by atoms with van der Waals surface area (Å²) in [6.07, 6.45) is 2.89. The highest BCUT2D eigenvalue weighted by Gasteiger charge is 2.27. The van der Waals surface area contributed by atoms with Crippen molar-refractivity contribution < 1.29 is 18.4 Å². The normalized spacial score (nSPS) is 17.8. The summed E-state index contributed by atoms with van der Waals surface area (Å²) in [6.45, 7) is 1.59. The Hall–Kier alpha value is -3.08. The molecule has 0 saturated carbocycles. The lowest BCUT2D eigenvalue weighted by atomic mass is 9.94. The number of halogens is 2. The lowest BCUT2D eigenvalue weighted by molar-refractivity contribution is -0.129. The van der Waals surface area contributed by atoms with E-state index in [1.165, 1.54) is 36.1 Å². The average Bonchev–Trinajstić information content (AvgIpc) is 2.61. The number of hydrogen-bond acceptors (Lipinski definition) is 2. The minimum absolute atomic E-state index is 0.0944. The first-order chi connectivity index (χ1) is 12.5. The first-order valence-electron chi connectivity index (χ1n) is 8.16. The highest BCUT2D eigenvalue weighted by atomic mass is 19.1. The standard InChI is InChI=1S/C21H17F2NO2/c1-14(25)24-12-17(10-15-6-2-4-8-19(15)22)21(26)18(13-24)11-16-7-3-5-9-20(16)23/h2-11H,12-13H2,1H3. The van der Waals surface area contributed by atoms with E-state index in [9.17, 15) is 18.4 Å². The Morgan fingerprint density at radius 3 is 1.69 bits per heavy atom. The van der Waals surface area contributed by atoms with Crippen LogP contribution in [0.5, 0.6) is 0 Å². The Kier molecular flexibility index (Phi) is 5.07. The number of rotatable bonds is 2. The second-order valence-corrected chi connectivity index (χ2v) is 6.09. The minimum atomic E-state index is -0.451. The maximum Gasteiger partial charge on any atom is 0.220 e. The van der Waals surface area contributed by atoms with E-state index in [0.717, 1.165) is 0 Å². The number of benzene rings is 2. The minimum Gasteiger partial charge on any atom is -0.334 e. The molecule has 0 bridgehead atoms. The third kappa shape index (κ3) is 3.77.